The minimum Gasteiger partial charge on any atom is -0.480 e. The summed E-state index contributed by atoms with van der Waals surface area (Å²) in [4.78, 5) is 34.8. The van der Waals surface area contributed by atoms with Gasteiger partial charge in [0, 0.05) is 6.54 Å². The number of ether oxygens (including phenoxy) is 1. The van der Waals surface area contributed by atoms with E-state index < -0.39 is 29.6 Å². The van der Waals surface area contributed by atoms with Crippen LogP contribution < -0.4 is 5.32 Å². The van der Waals surface area contributed by atoms with Gasteiger partial charge in [-0.3, -0.25) is 9.69 Å². The number of piperazine rings is 1. The third-order valence-electron chi connectivity index (χ3n) is 2.10. The summed E-state index contributed by atoms with van der Waals surface area (Å²) in [5, 5.41) is 11.3. The number of carbonyl (C=O) groups excluding carboxylic acids is 2. The quantitative estimate of drug-likeness (QED) is 0.666. The summed E-state index contributed by atoms with van der Waals surface area (Å²) in [6.07, 6.45) is -0.792. The molecule has 0 radical (unpaired) electrons. The van der Waals surface area contributed by atoms with E-state index in [1.54, 1.807) is 20.8 Å². The van der Waals surface area contributed by atoms with Gasteiger partial charge >= 0.3 is 12.1 Å². The van der Waals surface area contributed by atoms with Gasteiger partial charge in [0.25, 0.3) is 0 Å². The molecule has 0 spiro atoms. The fraction of sp³-hybridized carbons (Fsp3) is 0.700. The van der Waals surface area contributed by atoms with Crippen molar-refractivity contribution in [1.82, 2.24) is 10.2 Å². The lowest BCUT2D eigenvalue weighted by molar-refractivity contribution is -0.145. The zero-order chi connectivity index (χ0) is 13.2. The highest BCUT2D eigenvalue weighted by Crippen LogP contribution is 2.13. The number of nitrogens with one attached hydrogen (secondary N) is 1. The van der Waals surface area contributed by atoms with Crippen molar-refractivity contribution in [2.45, 2.75) is 32.4 Å². The summed E-state index contributed by atoms with van der Waals surface area (Å²) >= 11 is 0. The lowest BCUT2D eigenvalue weighted by Gasteiger charge is -2.34. The molecule has 0 saturated carbocycles. The molecule has 1 fully saturated rings. The Labute approximate surface area is 98.7 Å². The first kappa shape index (κ1) is 13.3. The third kappa shape index (κ3) is 3.61. The van der Waals surface area contributed by atoms with Gasteiger partial charge in [-0.15, -0.1) is 0 Å². The first-order valence-corrected chi connectivity index (χ1v) is 5.20. The molecule has 1 rings (SSSR count). The minimum absolute atomic E-state index is 0.104. The summed E-state index contributed by atoms with van der Waals surface area (Å²) in [5.74, 6) is -1.57. The molecule has 7 heteroatoms. The van der Waals surface area contributed by atoms with Crippen LogP contribution in [-0.4, -0.2) is 52.7 Å². The van der Waals surface area contributed by atoms with Gasteiger partial charge in [0.15, 0.2) is 6.04 Å². The number of hydrogen-bond donors (Lipinski definition) is 2. The first-order chi connectivity index (χ1) is 7.70. The number of carbonyl (C=O) groups is 3. The Morgan fingerprint density at radius 3 is 2.53 bits per heavy atom. The summed E-state index contributed by atoms with van der Waals surface area (Å²) in [7, 11) is 0. The second-order valence-electron chi connectivity index (χ2n) is 4.77. The summed E-state index contributed by atoms with van der Waals surface area (Å²) in [6.45, 7) is 4.61. The van der Waals surface area contributed by atoms with Gasteiger partial charge < -0.3 is 15.2 Å². The van der Waals surface area contributed by atoms with E-state index in [0.29, 0.717) is 0 Å². The summed E-state index contributed by atoms with van der Waals surface area (Å²) in [5.41, 5.74) is -0.728. The van der Waals surface area contributed by atoms with Crippen LogP contribution in [0, 0.1) is 0 Å². The maximum absolute atomic E-state index is 11.7. The zero-order valence-electron chi connectivity index (χ0n) is 10.0. The van der Waals surface area contributed by atoms with Crippen LogP contribution in [-0.2, 0) is 14.3 Å². The van der Waals surface area contributed by atoms with Crippen LogP contribution >= 0.6 is 0 Å². The Hall–Kier alpha value is -1.79. The standard InChI is InChI=1S/C10H16N2O5/c1-10(2,3)17-9(16)12-5-7(13)11-4-6(12)8(14)15/h6H,4-5H2,1-3H3,(H,11,13)(H,14,15). The predicted molar refractivity (Wildman–Crippen MR) is 57.4 cm³/mol. The van der Waals surface area contributed by atoms with Crippen molar-refractivity contribution >= 4 is 18.0 Å². The van der Waals surface area contributed by atoms with Crippen molar-refractivity contribution in [3.8, 4) is 0 Å². The SMILES string of the molecule is CC(C)(C)OC(=O)N1CC(=O)NCC1C(=O)O. The van der Waals surface area contributed by atoms with Crippen LogP contribution in [0.25, 0.3) is 0 Å². The summed E-state index contributed by atoms with van der Waals surface area (Å²) < 4.78 is 5.05. The molecule has 1 aliphatic rings. The van der Waals surface area contributed by atoms with E-state index in [4.69, 9.17) is 9.84 Å². The molecule has 1 heterocycles. The van der Waals surface area contributed by atoms with Gasteiger partial charge in [0.05, 0.1) is 0 Å². The number of nitrogens with zero attached hydrogens (tertiary/aromatic N) is 1. The molecule has 2 N–H and O–H groups in total. The molecule has 0 aliphatic carbocycles. The van der Waals surface area contributed by atoms with Gasteiger partial charge in [0.1, 0.15) is 12.1 Å². The van der Waals surface area contributed by atoms with Crippen molar-refractivity contribution in [2.75, 3.05) is 13.1 Å². The fourth-order valence-electron chi connectivity index (χ4n) is 1.37. The van der Waals surface area contributed by atoms with Crippen molar-refractivity contribution < 1.29 is 24.2 Å². The molecule has 1 atom stereocenters. The summed E-state index contributed by atoms with van der Waals surface area (Å²) in [6, 6.07) is -1.08. The van der Waals surface area contributed by atoms with Gasteiger partial charge in [-0.1, -0.05) is 0 Å². The number of amides is 2. The Morgan fingerprint density at radius 1 is 1.47 bits per heavy atom. The minimum atomic E-state index is -1.17. The zero-order valence-corrected chi connectivity index (χ0v) is 10.0. The molecule has 96 valence electrons. The fourth-order valence-corrected chi connectivity index (χ4v) is 1.37. The number of carboxylic acids is 1. The average Bonchev–Trinajstić information content (AvgIpc) is 2.14. The Morgan fingerprint density at radius 2 is 2.06 bits per heavy atom. The van der Waals surface area contributed by atoms with E-state index >= 15 is 0 Å². The lowest BCUT2D eigenvalue weighted by atomic mass is 10.2. The van der Waals surface area contributed by atoms with Crippen molar-refractivity contribution in [1.29, 1.82) is 0 Å². The molecule has 17 heavy (non-hydrogen) atoms. The molecule has 0 aromatic rings. The molecule has 7 nitrogen and oxygen atoms in total. The number of carboxylic acid groups (broad SMARTS) is 1. The number of aliphatic carboxylic acids is 1. The van der Waals surface area contributed by atoms with E-state index in [1.807, 2.05) is 0 Å². The lowest BCUT2D eigenvalue weighted by Crippen LogP contribution is -2.60. The number of hydrogen-bond acceptors (Lipinski definition) is 4. The maximum atomic E-state index is 11.7. The van der Waals surface area contributed by atoms with Crippen LogP contribution in [0.15, 0.2) is 0 Å². The molecule has 2 amide bonds. The average molecular weight is 244 g/mol. The molecule has 0 bridgehead atoms. The van der Waals surface area contributed by atoms with E-state index in [-0.39, 0.29) is 13.1 Å². The molecule has 0 aromatic carbocycles. The smallest absolute Gasteiger partial charge is 0.411 e. The second-order valence-corrected chi connectivity index (χ2v) is 4.77. The third-order valence-corrected chi connectivity index (χ3v) is 2.10. The normalized spacial score (nSPS) is 20.8. The van der Waals surface area contributed by atoms with Crippen LogP contribution in [0.5, 0.6) is 0 Å². The van der Waals surface area contributed by atoms with E-state index in [9.17, 15) is 14.4 Å². The second kappa shape index (κ2) is 4.60. The van der Waals surface area contributed by atoms with Crippen LogP contribution in [0.2, 0.25) is 0 Å². The number of rotatable bonds is 1. The van der Waals surface area contributed by atoms with Crippen LogP contribution in [0.3, 0.4) is 0 Å². The molecule has 0 aromatic heterocycles. The molecule has 1 unspecified atom stereocenters. The Bertz CT molecular complexity index is 347. The van der Waals surface area contributed by atoms with Crippen LogP contribution in [0.1, 0.15) is 20.8 Å². The Kier molecular flexibility index (Phi) is 3.59. The van der Waals surface area contributed by atoms with Gasteiger partial charge in [0.2, 0.25) is 5.91 Å². The molecule has 1 saturated heterocycles. The topological polar surface area (TPSA) is 95.9 Å². The first-order valence-electron chi connectivity index (χ1n) is 5.20. The molecule has 1 aliphatic heterocycles. The largest absolute Gasteiger partial charge is 0.480 e. The van der Waals surface area contributed by atoms with Crippen molar-refractivity contribution in [3.63, 3.8) is 0 Å². The van der Waals surface area contributed by atoms with E-state index in [2.05, 4.69) is 5.32 Å². The highest BCUT2D eigenvalue weighted by atomic mass is 16.6. The van der Waals surface area contributed by atoms with Crippen molar-refractivity contribution in [2.24, 2.45) is 0 Å². The van der Waals surface area contributed by atoms with E-state index in [1.165, 1.54) is 0 Å². The van der Waals surface area contributed by atoms with Crippen LogP contribution in [0.4, 0.5) is 4.79 Å². The predicted octanol–water partition coefficient (Wildman–Crippen LogP) is -0.193. The Balaban J connectivity index is 2.79. The maximum Gasteiger partial charge on any atom is 0.411 e. The molecular formula is C10H16N2O5. The van der Waals surface area contributed by atoms with Gasteiger partial charge in [-0.05, 0) is 20.8 Å². The molecular weight excluding hydrogens is 228 g/mol. The highest BCUT2D eigenvalue weighted by molar-refractivity contribution is 5.89. The van der Waals surface area contributed by atoms with Gasteiger partial charge in [-0.25, -0.2) is 9.59 Å². The van der Waals surface area contributed by atoms with Crippen molar-refractivity contribution in [3.05, 3.63) is 0 Å². The van der Waals surface area contributed by atoms with Gasteiger partial charge in [-0.2, -0.15) is 0 Å². The van der Waals surface area contributed by atoms with E-state index in [0.717, 1.165) is 4.90 Å². The monoisotopic (exact) mass is 244 g/mol. The highest BCUT2D eigenvalue weighted by Gasteiger charge is 2.37.